The number of aromatic nitrogens is 3. The van der Waals surface area contributed by atoms with Gasteiger partial charge in [0.1, 0.15) is 6.10 Å². The smallest absolute Gasteiger partial charge is 0.259 e. The Morgan fingerprint density at radius 2 is 1.83 bits per heavy atom. The molecule has 1 unspecified atom stereocenters. The fourth-order valence-electron chi connectivity index (χ4n) is 2.95. The molecular formula is C20H24N4O4S. The van der Waals surface area contributed by atoms with Crippen LogP contribution in [0.2, 0.25) is 0 Å². The van der Waals surface area contributed by atoms with Crippen LogP contribution in [0.4, 0.5) is 5.82 Å². The molecule has 0 aliphatic carbocycles. The summed E-state index contributed by atoms with van der Waals surface area (Å²) in [5.41, 5.74) is 1.79. The average molecular weight is 417 g/mol. The van der Waals surface area contributed by atoms with Gasteiger partial charge in [-0.3, -0.25) is 4.72 Å². The maximum Gasteiger partial charge on any atom is 0.259 e. The van der Waals surface area contributed by atoms with Crippen molar-refractivity contribution in [1.82, 2.24) is 9.97 Å². The van der Waals surface area contributed by atoms with Gasteiger partial charge in [0.15, 0.2) is 12.4 Å². The summed E-state index contributed by atoms with van der Waals surface area (Å²) in [6.45, 7) is 5.68. The van der Waals surface area contributed by atoms with E-state index in [0.29, 0.717) is 27.7 Å². The molecule has 0 spiro atoms. The molecule has 0 aliphatic rings. The fraction of sp³-hybridized carbons (Fsp3) is 0.350. The highest BCUT2D eigenvalue weighted by atomic mass is 32.2. The molecule has 0 bridgehead atoms. The predicted molar refractivity (Wildman–Crippen MR) is 111 cm³/mol. The Labute approximate surface area is 170 Å². The summed E-state index contributed by atoms with van der Waals surface area (Å²) in [5.74, 6) is 0.0616. The molecule has 0 saturated heterocycles. The molecule has 3 rings (SSSR count). The van der Waals surface area contributed by atoms with Gasteiger partial charge in [0, 0.05) is 6.07 Å². The molecule has 1 N–H and O–H groups in total. The number of nitrogens with one attached hydrogen (secondary N) is 1. The maximum absolute atomic E-state index is 12.3. The van der Waals surface area contributed by atoms with Gasteiger partial charge >= 0.3 is 0 Å². The first-order valence-electron chi connectivity index (χ1n) is 9.41. The number of benzene rings is 1. The molecule has 2 aromatic heterocycles. The van der Waals surface area contributed by atoms with Gasteiger partial charge in [-0.1, -0.05) is 32.9 Å². The van der Waals surface area contributed by atoms with E-state index in [1.165, 1.54) is 12.4 Å². The van der Waals surface area contributed by atoms with E-state index in [1.54, 1.807) is 37.3 Å². The van der Waals surface area contributed by atoms with Crippen LogP contribution in [-0.2, 0) is 10.0 Å². The minimum absolute atomic E-state index is 0.00855. The number of hydrogen-bond donors (Lipinski definition) is 1. The Bertz CT molecular complexity index is 1100. The standard InChI is InChI=1S/C20H24N4O4S/c1-4-12-29(26,27)23-19-20(22-17-10-6-5-9-16(17)21-19)28-18(14(2)3)15-8-7-11-24(25)13-15/h5-11,13-14,18H,4,12H2,1-3H3,(H,21,23). The summed E-state index contributed by atoms with van der Waals surface area (Å²) in [7, 11) is -3.59. The van der Waals surface area contributed by atoms with Gasteiger partial charge in [-0.25, -0.2) is 18.4 Å². The van der Waals surface area contributed by atoms with Crippen LogP contribution in [0.3, 0.4) is 0 Å². The third-order valence-electron chi connectivity index (χ3n) is 4.23. The number of pyridine rings is 1. The molecule has 3 aromatic rings. The molecule has 8 nitrogen and oxygen atoms in total. The number of para-hydroxylation sites is 2. The van der Waals surface area contributed by atoms with Gasteiger partial charge in [-0.2, -0.15) is 4.73 Å². The van der Waals surface area contributed by atoms with Crippen molar-refractivity contribution in [2.45, 2.75) is 33.3 Å². The van der Waals surface area contributed by atoms with Crippen molar-refractivity contribution in [1.29, 1.82) is 0 Å². The number of hydrogen-bond acceptors (Lipinski definition) is 6. The lowest BCUT2D eigenvalue weighted by molar-refractivity contribution is -0.606. The zero-order valence-electron chi connectivity index (χ0n) is 16.6. The van der Waals surface area contributed by atoms with Crippen molar-refractivity contribution in [3.63, 3.8) is 0 Å². The van der Waals surface area contributed by atoms with Crippen LogP contribution in [-0.4, -0.2) is 24.1 Å². The summed E-state index contributed by atoms with van der Waals surface area (Å²) in [4.78, 5) is 8.91. The predicted octanol–water partition coefficient (Wildman–Crippen LogP) is 3.19. The molecule has 0 amide bonds. The van der Waals surface area contributed by atoms with Gasteiger partial charge in [-0.05, 0) is 30.5 Å². The molecule has 1 atom stereocenters. The molecule has 0 saturated carbocycles. The van der Waals surface area contributed by atoms with Crippen LogP contribution in [0.25, 0.3) is 11.0 Å². The van der Waals surface area contributed by atoms with E-state index in [1.807, 2.05) is 19.9 Å². The van der Waals surface area contributed by atoms with Crippen molar-refractivity contribution in [3.05, 3.63) is 59.6 Å². The van der Waals surface area contributed by atoms with Gasteiger partial charge in [-0.15, -0.1) is 0 Å². The Balaban J connectivity index is 2.06. The molecule has 0 aliphatic heterocycles. The number of ether oxygens (including phenoxy) is 1. The van der Waals surface area contributed by atoms with Gasteiger partial charge < -0.3 is 9.94 Å². The second-order valence-electron chi connectivity index (χ2n) is 7.07. The van der Waals surface area contributed by atoms with Gasteiger partial charge in [0.25, 0.3) is 5.88 Å². The lowest BCUT2D eigenvalue weighted by Gasteiger charge is -2.23. The lowest BCUT2D eigenvalue weighted by atomic mass is 10.0. The quantitative estimate of drug-likeness (QED) is 0.446. The number of nitrogens with zero attached hydrogens (tertiary/aromatic N) is 3. The Morgan fingerprint density at radius 1 is 1.14 bits per heavy atom. The van der Waals surface area contributed by atoms with Crippen molar-refractivity contribution in [2.75, 3.05) is 10.5 Å². The first-order chi connectivity index (χ1) is 13.8. The molecule has 154 valence electrons. The topological polar surface area (TPSA) is 108 Å². The zero-order chi connectivity index (χ0) is 21.0. The highest BCUT2D eigenvalue weighted by molar-refractivity contribution is 7.92. The van der Waals surface area contributed by atoms with E-state index >= 15 is 0 Å². The van der Waals surface area contributed by atoms with E-state index < -0.39 is 16.1 Å². The molecule has 0 radical (unpaired) electrons. The second kappa shape index (κ2) is 8.60. The van der Waals surface area contributed by atoms with Crippen LogP contribution in [0, 0.1) is 11.1 Å². The molecule has 2 heterocycles. The zero-order valence-corrected chi connectivity index (χ0v) is 17.4. The molecule has 9 heteroatoms. The van der Waals surface area contributed by atoms with E-state index in [2.05, 4.69) is 14.7 Å². The monoisotopic (exact) mass is 416 g/mol. The van der Waals surface area contributed by atoms with Gasteiger partial charge in [0.2, 0.25) is 15.8 Å². The van der Waals surface area contributed by atoms with Crippen LogP contribution in [0.15, 0.2) is 48.8 Å². The van der Waals surface area contributed by atoms with E-state index in [-0.39, 0.29) is 23.4 Å². The van der Waals surface area contributed by atoms with E-state index in [9.17, 15) is 13.6 Å². The Morgan fingerprint density at radius 3 is 2.45 bits per heavy atom. The third kappa shape index (κ3) is 5.11. The largest absolute Gasteiger partial charge is 0.619 e. The summed E-state index contributed by atoms with van der Waals surface area (Å²) >= 11 is 0. The van der Waals surface area contributed by atoms with E-state index in [4.69, 9.17) is 4.74 Å². The molecule has 1 aromatic carbocycles. The summed E-state index contributed by atoms with van der Waals surface area (Å²) in [5, 5.41) is 11.7. The van der Waals surface area contributed by atoms with Crippen molar-refractivity contribution < 1.29 is 17.9 Å². The van der Waals surface area contributed by atoms with Crippen LogP contribution in [0.1, 0.15) is 38.9 Å². The number of rotatable bonds is 8. The summed E-state index contributed by atoms with van der Waals surface area (Å²) in [6.07, 6.45) is 2.77. The SMILES string of the molecule is CCCS(=O)(=O)Nc1nc2ccccc2nc1OC(c1ccc[n+]([O-])c1)C(C)C. The second-order valence-corrected chi connectivity index (χ2v) is 8.91. The minimum atomic E-state index is -3.59. The van der Waals surface area contributed by atoms with Crippen LogP contribution >= 0.6 is 0 Å². The molecule has 29 heavy (non-hydrogen) atoms. The fourth-order valence-corrected chi connectivity index (χ4v) is 4.02. The average Bonchev–Trinajstić information content (AvgIpc) is 2.65. The van der Waals surface area contributed by atoms with E-state index in [0.717, 1.165) is 0 Å². The normalized spacial score (nSPS) is 12.8. The summed E-state index contributed by atoms with van der Waals surface area (Å²) in [6, 6.07) is 10.6. The van der Waals surface area contributed by atoms with Crippen LogP contribution < -0.4 is 14.2 Å². The number of sulfonamides is 1. The lowest BCUT2D eigenvalue weighted by Crippen LogP contribution is -2.27. The minimum Gasteiger partial charge on any atom is -0.619 e. The van der Waals surface area contributed by atoms with Crippen LogP contribution in [0.5, 0.6) is 5.88 Å². The van der Waals surface area contributed by atoms with Gasteiger partial charge in [0.05, 0.1) is 22.3 Å². The third-order valence-corrected chi connectivity index (χ3v) is 5.68. The van der Waals surface area contributed by atoms with Crippen molar-refractivity contribution >= 4 is 26.9 Å². The highest BCUT2D eigenvalue weighted by Crippen LogP contribution is 2.32. The molecule has 0 fully saturated rings. The van der Waals surface area contributed by atoms with Crippen molar-refractivity contribution in [3.8, 4) is 5.88 Å². The highest BCUT2D eigenvalue weighted by Gasteiger charge is 2.24. The first-order valence-corrected chi connectivity index (χ1v) is 11.1. The molecular weight excluding hydrogens is 392 g/mol. The first kappa shape index (κ1) is 20.8. The number of fused-ring (bicyclic) bond motifs is 1. The number of anilines is 1. The Hall–Kier alpha value is -2.94. The maximum atomic E-state index is 12.3. The summed E-state index contributed by atoms with van der Waals surface area (Å²) < 4.78 is 34.0. The Kier molecular flexibility index (Phi) is 6.17. The van der Waals surface area contributed by atoms with Crippen molar-refractivity contribution in [2.24, 2.45) is 5.92 Å².